The Morgan fingerprint density at radius 2 is 1.92 bits per heavy atom. The van der Waals surface area contributed by atoms with Crippen molar-refractivity contribution in [3.63, 3.8) is 0 Å². The maximum atomic E-state index is 5.35. The molecule has 0 bridgehead atoms. The van der Waals surface area contributed by atoms with E-state index >= 15 is 0 Å². The van der Waals surface area contributed by atoms with Crippen LogP contribution in [0.15, 0.2) is 43.0 Å². The number of hydrogen-bond donors (Lipinski definition) is 0. The Labute approximate surface area is 73.7 Å². The Hall–Kier alpha value is -1.08. The Kier molecular flexibility index (Phi) is 2.66. The minimum Gasteiger partial charge on any atom is -0.370 e. The largest absolute Gasteiger partial charge is 0.370 e. The summed E-state index contributed by atoms with van der Waals surface area (Å²) in [5.41, 5.74) is 0.767. The van der Waals surface area contributed by atoms with Gasteiger partial charge in [0.2, 0.25) is 0 Å². The summed E-state index contributed by atoms with van der Waals surface area (Å²) in [4.78, 5) is 0. The molecule has 1 aromatic rings. The van der Waals surface area contributed by atoms with Crippen LogP contribution in [0, 0.1) is 0 Å². The first-order valence-corrected chi connectivity index (χ1v) is 3.97. The van der Waals surface area contributed by atoms with Crippen molar-refractivity contribution in [2.45, 2.75) is 12.5 Å². The highest BCUT2D eigenvalue weighted by atomic mass is 16.5. The van der Waals surface area contributed by atoms with Crippen LogP contribution in [0.2, 0.25) is 0 Å². The molecule has 0 spiro atoms. The van der Waals surface area contributed by atoms with Crippen LogP contribution in [0.5, 0.6) is 0 Å². The minimum atomic E-state index is -0.360. The molecular formula is C11H14O. The monoisotopic (exact) mass is 162 g/mol. The second-order valence-electron chi connectivity index (χ2n) is 2.88. The first kappa shape index (κ1) is 9.01. The summed E-state index contributed by atoms with van der Waals surface area (Å²) >= 11 is 0. The maximum absolute atomic E-state index is 5.35. The molecule has 0 heterocycles. The molecule has 0 aliphatic heterocycles. The fraction of sp³-hybridized carbons (Fsp3) is 0.273. The van der Waals surface area contributed by atoms with E-state index in [1.165, 1.54) is 0 Å². The molecule has 0 saturated heterocycles. The van der Waals surface area contributed by atoms with Gasteiger partial charge in [-0.25, -0.2) is 0 Å². The van der Waals surface area contributed by atoms with Crippen LogP contribution in [0.3, 0.4) is 0 Å². The fourth-order valence-corrected chi connectivity index (χ4v) is 1.09. The highest BCUT2D eigenvalue weighted by molar-refractivity contribution is 5.25. The van der Waals surface area contributed by atoms with Gasteiger partial charge < -0.3 is 4.74 Å². The van der Waals surface area contributed by atoms with Gasteiger partial charge in [0.25, 0.3) is 0 Å². The Balaban J connectivity index is 3.03. The molecule has 1 nitrogen and oxygen atoms in total. The molecule has 1 rings (SSSR count). The third-order valence-corrected chi connectivity index (χ3v) is 2.16. The van der Waals surface area contributed by atoms with Crippen LogP contribution in [0.25, 0.3) is 0 Å². The standard InChI is InChI=1S/C11H14O/c1-4-11(2,12-3)10-8-6-5-7-9-10/h4-9H,1H2,2-3H3/t11-/m0/s1. The number of methoxy groups -OCH3 is 1. The lowest BCUT2D eigenvalue weighted by Crippen LogP contribution is -2.20. The topological polar surface area (TPSA) is 9.23 Å². The van der Waals surface area contributed by atoms with E-state index in [0.29, 0.717) is 0 Å². The van der Waals surface area contributed by atoms with Gasteiger partial charge in [0.15, 0.2) is 0 Å². The van der Waals surface area contributed by atoms with E-state index < -0.39 is 0 Å². The molecule has 12 heavy (non-hydrogen) atoms. The highest BCUT2D eigenvalue weighted by Crippen LogP contribution is 2.24. The molecule has 0 radical (unpaired) electrons. The molecule has 1 atom stereocenters. The van der Waals surface area contributed by atoms with Gasteiger partial charge in [-0.15, -0.1) is 0 Å². The van der Waals surface area contributed by atoms with E-state index in [9.17, 15) is 0 Å². The van der Waals surface area contributed by atoms with Crippen molar-refractivity contribution in [3.8, 4) is 0 Å². The summed E-state index contributed by atoms with van der Waals surface area (Å²) < 4.78 is 5.35. The molecule has 0 fully saturated rings. The second kappa shape index (κ2) is 3.55. The molecular weight excluding hydrogens is 148 g/mol. The summed E-state index contributed by atoms with van der Waals surface area (Å²) in [6.45, 7) is 5.75. The zero-order valence-corrected chi connectivity index (χ0v) is 7.58. The molecule has 0 N–H and O–H groups in total. The van der Waals surface area contributed by atoms with E-state index in [-0.39, 0.29) is 5.60 Å². The predicted molar refractivity (Wildman–Crippen MR) is 51.0 cm³/mol. The van der Waals surface area contributed by atoms with Crippen molar-refractivity contribution in [3.05, 3.63) is 48.6 Å². The van der Waals surface area contributed by atoms with E-state index in [4.69, 9.17) is 4.74 Å². The zero-order chi connectivity index (χ0) is 9.03. The van der Waals surface area contributed by atoms with E-state index in [1.54, 1.807) is 7.11 Å². The van der Waals surface area contributed by atoms with Crippen LogP contribution in [0.1, 0.15) is 12.5 Å². The SMILES string of the molecule is C=C[C@](C)(OC)c1ccccc1. The Bertz CT molecular complexity index is 253. The fourth-order valence-electron chi connectivity index (χ4n) is 1.09. The van der Waals surface area contributed by atoms with Gasteiger partial charge in [-0.3, -0.25) is 0 Å². The Morgan fingerprint density at radius 1 is 1.33 bits per heavy atom. The Morgan fingerprint density at radius 3 is 2.33 bits per heavy atom. The van der Waals surface area contributed by atoms with Gasteiger partial charge in [-0.05, 0) is 12.5 Å². The molecule has 1 heteroatoms. The minimum absolute atomic E-state index is 0.360. The maximum Gasteiger partial charge on any atom is 0.108 e. The van der Waals surface area contributed by atoms with Crippen molar-refractivity contribution in [2.24, 2.45) is 0 Å². The number of benzene rings is 1. The molecule has 0 aromatic heterocycles. The van der Waals surface area contributed by atoms with Gasteiger partial charge in [0, 0.05) is 7.11 Å². The lowest BCUT2D eigenvalue weighted by atomic mass is 9.96. The zero-order valence-electron chi connectivity index (χ0n) is 7.58. The lowest BCUT2D eigenvalue weighted by Gasteiger charge is -2.24. The van der Waals surface area contributed by atoms with Crippen LogP contribution in [-0.4, -0.2) is 7.11 Å². The summed E-state index contributed by atoms with van der Waals surface area (Å²) in [7, 11) is 1.69. The van der Waals surface area contributed by atoms with Crippen molar-refractivity contribution in [1.82, 2.24) is 0 Å². The van der Waals surface area contributed by atoms with Gasteiger partial charge in [-0.1, -0.05) is 43.0 Å². The predicted octanol–water partition coefficient (Wildman–Crippen LogP) is 2.73. The van der Waals surface area contributed by atoms with Crippen LogP contribution < -0.4 is 0 Å². The molecule has 0 saturated carbocycles. The van der Waals surface area contributed by atoms with E-state index in [1.807, 2.05) is 43.3 Å². The van der Waals surface area contributed by atoms with Crippen molar-refractivity contribution in [1.29, 1.82) is 0 Å². The average molecular weight is 162 g/mol. The van der Waals surface area contributed by atoms with E-state index in [0.717, 1.165) is 5.56 Å². The van der Waals surface area contributed by atoms with Crippen molar-refractivity contribution < 1.29 is 4.74 Å². The van der Waals surface area contributed by atoms with Crippen molar-refractivity contribution >= 4 is 0 Å². The first-order chi connectivity index (χ1) is 5.73. The molecule has 0 unspecified atom stereocenters. The average Bonchev–Trinajstić information content (AvgIpc) is 2.18. The highest BCUT2D eigenvalue weighted by Gasteiger charge is 2.20. The van der Waals surface area contributed by atoms with Crippen molar-refractivity contribution in [2.75, 3.05) is 7.11 Å². The summed E-state index contributed by atoms with van der Waals surface area (Å²) in [6, 6.07) is 10.0. The summed E-state index contributed by atoms with van der Waals surface area (Å²) in [6.07, 6.45) is 1.81. The normalized spacial score (nSPS) is 15.2. The van der Waals surface area contributed by atoms with Crippen LogP contribution in [0.4, 0.5) is 0 Å². The van der Waals surface area contributed by atoms with Gasteiger partial charge in [0.1, 0.15) is 5.60 Å². The van der Waals surface area contributed by atoms with E-state index in [2.05, 4.69) is 6.58 Å². The lowest BCUT2D eigenvalue weighted by molar-refractivity contribution is 0.0465. The smallest absolute Gasteiger partial charge is 0.108 e. The summed E-state index contributed by atoms with van der Waals surface area (Å²) in [5, 5.41) is 0. The first-order valence-electron chi connectivity index (χ1n) is 3.97. The van der Waals surface area contributed by atoms with Gasteiger partial charge in [-0.2, -0.15) is 0 Å². The van der Waals surface area contributed by atoms with Gasteiger partial charge >= 0.3 is 0 Å². The molecule has 1 aromatic carbocycles. The van der Waals surface area contributed by atoms with Gasteiger partial charge in [0.05, 0.1) is 0 Å². The quantitative estimate of drug-likeness (QED) is 0.621. The molecule has 0 aliphatic carbocycles. The molecule has 0 aliphatic rings. The van der Waals surface area contributed by atoms with Crippen LogP contribution in [-0.2, 0) is 10.3 Å². The third kappa shape index (κ3) is 1.56. The second-order valence-corrected chi connectivity index (χ2v) is 2.88. The summed E-state index contributed by atoms with van der Waals surface area (Å²) in [5.74, 6) is 0. The molecule has 64 valence electrons. The number of rotatable bonds is 3. The number of ether oxygens (including phenoxy) is 1. The molecule has 0 amide bonds. The number of hydrogen-bond acceptors (Lipinski definition) is 1. The third-order valence-electron chi connectivity index (χ3n) is 2.16. The van der Waals surface area contributed by atoms with Crippen LogP contribution >= 0.6 is 0 Å².